The van der Waals surface area contributed by atoms with Crippen LogP contribution in [-0.4, -0.2) is 36.6 Å². The van der Waals surface area contributed by atoms with Gasteiger partial charge >= 0.3 is 5.97 Å². The molecule has 1 unspecified atom stereocenters. The Balaban J connectivity index is 2.47. The quantitative estimate of drug-likeness (QED) is 0.767. The van der Waals surface area contributed by atoms with Crippen LogP contribution in [0.1, 0.15) is 34.6 Å². The van der Waals surface area contributed by atoms with Crippen LogP contribution in [-0.2, 0) is 9.53 Å². The second kappa shape index (κ2) is 5.09. The summed E-state index contributed by atoms with van der Waals surface area (Å²) in [5.74, 6) is -0.930. The molecule has 2 N–H and O–H groups in total. The van der Waals surface area contributed by atoms with E-state index in [9.17, 15) is 13.6 Å². The van der Waals surface area contributed by atoms with Gasteiger partial charge < -0.3 is 15.4 Å². The van der Waals surface area contributed by atoms with E-state index in [4.69, 9.17) is 4.74 Å². The summed E-state index contributed by atoms with van der Waals surface area (Å²) in [6.07, 6.45) is -2.89. The maximum atomic E-state index is 13.8. The van der Waals surface area contributed by atoms with E-state index in [1.54, 1.807) is 34.6 Å². The summed E-state index contributed by atoms with van der Waals surface area (Å²) < 4.78 is 32.9. The third-order valence-electron chi connectivity index (χ3n) is 3.97. The van der Waals surface area contributed by atoms with Crippen LogP contribution >= 0.6 is 0 Å². The Morgan fingerprint density at radius 1 is 1.29 bits per heavy atom. The maximum absolute atomic E-state index is 13.8. The molecule has 0 aromatic heterocycles. The van der Waals surface area contributed by atoms with E-state index in [1.807, 2.05) is 0 Å². The summed E-state index contributed by atoms with van der Waals surface area (Å²) in [4.78, 5) is 12.5. The van der Waals surface area contributed by atoms with Crippen LogP contribution in [0.2, 0.25) is 0 Å². The highest BCUT2D eigenvalue weighted by Gasteiger charge is 2.54. The number of halogens is 2. The van der Waals surface area contributed by atoms with E-state index in [1.165, 1.54) is 0 Å². The molecule has 2 aliphatic rings. The van der Waals surface area contributed by atoms with E-state index in [0.717, 1.165) is 11.1 Å². The van der Waals surface area contributed by atoms with Crippen molar-refractivity contribution >= 4 is 5.97 Å². The van der Waals surface area contributed by atoms with Gasteiger partial charge in [-0.1, -0.05) is 0 Å². The van der Waals surface area contributed by atoms with Crippen LogP contribution in [0.15, 0.2) is 22.4 Å². The van der Waals surface area contributed by atoms with Crippen molar-refractivity contribution in [1.29, 1.82) is 0 Å². The van der Waals surface area contributed by atoms with Crippen molar-refractivity contribution in [1.82, 2.24) is 10.6 Å². The molecule has 1 atom stereocenters. The number of alkyl halides is 2. The molecule has 0 saturated carbocycles. The molecule has 0 aromatic rings. The van der Waals surface area contributed by atoms with Crippen LogP contribution in [0, 0.1) is 0 Å². The van der Waals surface area contributed by atoms with Gasteiger partial charge in [0, 0.05) is 18.8 Å². The zero-order valence-electron chi connectivity index (χ0n) is 13.1. The lowest BCUT2D eigenvalue weighted by atomic mass is 9.81. The van der Waals surface area contributed by atoms with E-state index in [-0.39, 0.29) is 0 Å². The first-order valence-corrected chi connectivity index (χ1v) is 7.00. The molecule has 0 saturated heterocycles. The van der Waals surface area contributed by atoms with Gasteiger partial charge in [-0.05, 0) is 51.3 Å². The Kier molecular flexibility index (Phi) is 3.86. The van der Waals surface area contributed by atoms with Gasteiger partial charge in [0.2, 0.25) is 5.54 Å². The second-order valence-electron chi connectivity index (χ2n) is 6.55. The Bertz CT molecular complexity index is 532. The van der Waals surface area contributed by atoms with E-state index >= 15 is 0 Å². The van der Waals surface area contributed by atoms with Crippen LogP contribution in [0.3, 0.4) is 0 Å². The summed E-state index contributed by atoms with van der Waals surface area (Å²) in [6.45, 7) is 9.43. The molecule has 0 fully saturated rings. The van der Waals surface area contributed by atoms with Gasteiger partial charge in [0.1, 0.15) is 5.60 Å². The van der Waals surface area contributed by atoms with Crippen LogP contribution in [0.4, 0.5) is 8.78 Å². The zero-order chi connectivity index (χ0) is 16.0. The maximum Gasteiger partial charge on any atom is 0.342 e. The van der Waals surface area contributed by atoms with E-state index < -0.39 is 23.5 Å². The number of nitrogens with one attached hydrogen (secondary N) is 2. The molecular formula is C15H22F2N2O2. The van der Waals surface area contributed by atoms with E-state index in [2.05, 4.69) is 10.6 Å². The average molecular weight is 300 g/mol. The molecule has 21 heavy (non-hydrogen) atoms. The Morgan fingerprint density at radius 2 is 1.90 bits per heavy atom. The molecule has 4 nitrogen and oxygen atoms in total. The number of esters is 1. The third kappa shape index (κ3) is 2.57. The summed E-state index contributed by atoms with van der Waals surface area (Å²) in [5.41, 5.74) is -0.231. The molecule has 0 bridgehead atoms. The van der Waals surface area contributed by atoms with Gasteiger partial charge in [0.25, 0.3) is 6.43 Å². The lowest BCUT2D eigenvalue weighted by Crippen LogP contribution is -2.61. The molecule has 0 aliphatic carbocycles. The highest BCUT2D eigenvalue weighted by atomic mass is 19.3. The van der Waals surface area contributed by atoms with Crippen LogP contribution in [0.5, 0.6) is 0 Å². The van der Waals surface area contributed by atoms with Crippen molar-refractivity contribution in [3.05, 3.63) is 22.4 Å². The molecule has 0 spiro atoms. The minimum Gasteiger partial charge on any atom is -0.458 e. The number of ether oxygens (including phenoxy) is 1. The van der Waals surface area contributed by atoms with Gasteiger partial charge in [-0.15, -0.1) is 0 Å². The Hall–Kier alpha value is -1.43. The fourth-order valence-corrected chi connectivity index (χ4v) is 2.73. The Labute approximate surface area is 123 Å². The van der Waals surface area contributed by atoms with Gasteiger partial charge in [-0.25, -0.2) is 13.6 Å². The Morgan fingerprint density at radius 3 is 2.43 bits per heavy atom. The standard InChI is InChI=1S/C15H22F2N2O2/c1-8-9(2)15(12(16)17,13(20)21-14(3,4)5)19-11-7-18-6-10(8)11/h12,18-19H,6-7H2,1-5H3. The van der Waals surface area contributed by atoms with Crippen molar-refractivity contribution in [3.8, 4) is 0 Å². The van der Waals surface area contributed by atoms with Crippen LogP contribution in [0.25, 0.3) is 0 Å². The number of dihydropyridines is 1. The van der Waals surface area contributed by atoms with Crippen molar-refractivity contribution in [2.75, 3.05) is 13.1 Å². The van der Waals surface area contributed by atoms with Gasteiger partial charge in [0.05, 0.1) is 0 Å². The zero-order valence-corrected chi connectivity index (χ0v) is 13.1. The molecule has 2 rings (SSSR count). The summed E-state index contributed by atoms with van der Waals surface area (Å²) in [6, 6.07) is 0. The number of hydrogen-bond donors (Lipinski definition) is 2. The first-order valence-electron chi connectivity index (χ1n) is 7.00. The monoisotopic (exact) mass is 300 g/mol. The number of carbonyl (C=O) groups is 1. The van der Waals surface area contributed by atoms with Gasteiger partial charge in [-0.3, -0.25) is 0 Å². The fraction of sp³-hybridized carbons (Fsp3) is 0.667. The minimum atomic E-state index is -2.89. The smallest absolute Gasteiger partial charge is 0.342 e. The molecule has 6 heteroatoms. The van der Waals surface area contributed by atoms with E-state index in [0.29, 0.717) is 24.4 Å². The minimum absolute atomic E-state index is 0.328. The van der Waals surface area contributed by atoms with Crippen molar-refractivity contribution < 1.29 is 18.3 Å². The normalized spacial score (nSPS) is 26.1. The molecule has 0 aromatic carbocycles. The lowest BCUT2D eigenvalue weighted by molar-refractivity contribution is -0.167. The molecule has 0 radical (unpaired) electrons. The molecule has 2 heterocycles. The van der Waals surface area contributed by atoms with Gasteiger partial charge in [-0.2, -0.15) is 0 Å². The highest BCUT2D eigenvalue weighted by Crippen LogP contribution is 2.38. The number of hydrogen-bond acceptors (Lipinski definition) is 4. The summed E-state index contributed by atoms with van der Waals surface area (Å²) in [5, 5.41) is 5.88. The van der Waals surface area contributed by atoms with Crippen molar-refractivity contribution in [2.45, 2.75) is 52.2 Å². The summed E-state index contributed by atoms with van der Waals surface area (Å²) in [7, 11) is 0. The molecule has 2 aliphatic heterocycles. The number of carbonyl (C=O) groups excluding carboxylic acids is 1. The topological polar surface area (TPSA) is 50.4 Å². The number of rotatable bonds is 2. The first-order chi connectivity index (χ1) is 9.59. The van der Waals surface area contributed by atoms with Crippen molar-refractivity contribution in [2.24, 2.45) is 0 Å². The SMILES string of the molecule is CC1=C(C)C(C(=O)OC(C)(C)C)(C(F)F)NC2=C1CNC2. The first kappa shape index (κ1) is 15.9. The summed E-state index contributed by atoms with van der Waals surface area (Å²) >= 11 is 0. The highest BCUT2D eigenvalue weighted by molar-refractivity contribution is 5.88. The third-order valence-corrected chi connectivity index (χ3v) is 3.97. The molecule has 0 amide bonds. The van der Waals surface area contributed by atoms with Crippen LogP contribution < -0.4 is 10.6 Å². The van der Waals surface area contributed by atoms with Crippen molar-refractivity contribution in [3.63, 3.8) is 0 Å². The molecule has 118 valence electrons. The predicted octanol–water partition coefficient (Wildman–Crippen LogP) is 2.13. The largest absolute Gasteiger partial charge is 0.458 e. The molecular weight excluding hydrogens is 278 g/mol. The van der Waals surface area contributed by atoms with Gasteiger partial charge in [0.15, 0.2) is 0 Å². The fourth-order valence-electron chi connectivity index (χ4n) is 2.73. The lowest BCUT2D eigenvalue weighted by Gasteiger charge is -2.40. The second-order valence-corrected chi connectivity index (χ2v) is 6.55. The predicted molar refractivity (Wildman–Crippen MR) is 76.0 cm³/mol. The average Bonchev–Trinajstić information content (AvgIpc) is 2.79.